The lowest BCUT2D eigenvalue weighted by atomic mass is 10.1. The predicted octanol–water partition coefficient (Wildman–Crippen LogP) is 1.61. The molecule has 0 N–H and O–H groups in total. The molecule has 0 bridgehead atoms. The van der Waals surface area contributed by atoms with Crippen LogP contribution in [0.25, 0.3) is 0 Å². The van der Waals surface area contributed by atoms with Gasteiger partial charge in [-0.1, -0.05) is 31.8 Å². The van der Waals surface area contributed by atoms with E-state index in [1.165, 1.54) is 6.08 Å². The van der Waals surface area contributed by atoms with Crippen LogP contribution in [0.5, 0.6) is 0 Å². The van der Waals surface area contributed by atoms with Crippen molar-refractivity contribution < 1.29 is 14.7 Å². The highest BCUT2D eigenvalue weighted by Gasteiger charge is 1.91. The fraction of sp³-hybridized carbons (Fsp3) is 0.667. The molecule has 0 heterocycles. The first-order valence-electron chi connectivity index (χ1n) is 5.57. The zero-order valence-electron chi connectivity index (χ0n) is 9.11. The molecule has 0 aromatic rings. The maximum atomic E-state index is 10.1. The number of carbonyl (C=O) groups excluding carboxylic acids is 2. The minimum Gasteiger partial charge on any atom is -0.550 e. The van der Waals surface area contributed by atoms with Gasteiger partial charge in [0, 0.05) is 5.97 Å². The van der Waals surface area contributed by atoms with Gasteiger partial charge in [0.2, 0.25) is 0 Å². The SMILES string of the molecule is O=C/C=C/CCCCCCCCC(=O)[O-]. The van der Waals surface area contributed by atoms with E-state index in [1.54, 1.807) is 0 Å². The number of rotatable bonds is 10. The van der Waals surface area contributed by atoms with Crippen LogP contribution in [0.4, 0.5) is 0 Å². The summed E-state index contributed by atoms with van der Waals surface area (Å²) >= 11 is 0. The molecule has 0 aliphatic carbocycles. The lowest BCUT2D eigenvalue weighted by Gasteiger charge is -2.01. The van der Waals surface area contributed by atoms with Crippen molar-refractivity contribution in [1.82, 2.24) is 0 Å². The number of carboxylic acid groups (broad SMARTS) is 1. The molecule has 0 rings (SSSR count). The Morgan fingerprint density at radius 2 is 1.60 bits per heavy atom. The molecule has 0 aliphatic rings. The van der Waals surface area contributed by atoms with Crippen LogP contribution in [-0.4, -0.2) is 12.3 Å². The van der Waals surface area contributed by atoms with Crippen LogP contribution < -0.4 is 5.11 Å². The second-order valence-corrected chi connectivity index (χ2v) is 3.60. The number of aldehydes is 1. The highest BCUT2D eigenvalue weighted by atomic mass is 16.4. The molecule has 15 heavy (non-hydrogen) atoms. The average molecular weight is 211 g/mol. The minimum absolute atomic E-state index is 0.183. The van der Waals surface area contributed by atoms with E-state index in [-0.39, 0.29) is 6.42 Å². The first-order chi connectivity index (χ1) is 7.27. The van der Waals surface area contributed by atoms with Crippen molar-refractivity contribution in [3.8, 4) is 0 Å². The number of unbranched alkanes of at least 4 members (excludes halogenated alkanes) is 6. The van der Waals surface area contributed by atoms with Crippen molar-refractivity contribution in [3.63, 3.8) is 0 Å². The zero-order valence-corrected chi connectivity index (χ0v) is 9.11. The molecule has 0 spiro atoms. The Morgan fingerprint density at radius 1 is 1.00 bits per heavy atom. The first-order valence-corrected chi connectivity index (χ1v) is 5.57. The molecule has 0 unspecified atom stereocenters. The third-order valence-electron chi connectivity index (χ3n) is 2.22. The van der Waals surface area contributed by atoms with Gasteiger partial charge in [-0.05, 0) is 31.8 Å². The quantitative estimate of drug-likeness (QED) is 0.313. The molecule has 0 aliphatic heterocycles. The number of aliphatic carboxylic acids is 1. The van der Waals surface area contributed by atoms with E-state index >= 15 is 0 Å². The van der Waals surface area contributed by atoms with Crippen molar-refractivity contribution >= 4 is 12.3 Å². The highest BCUT2D eigenvalue weighted by Crippen LogP contribution is 2.08. The maximum absolute atomic E-state index is 10.1. The fourth-order valence-electron chi connectivity index (χ4n) is 1.39. The lowest BCUT2D eigenvalue weighted by Crippen LogP contribution is -2.21. The normalized spacial score (nSPS) is 10.7. The van der Waals surface area contributed by atoms with Crippen molar-refractivity contribution in [2.45, 2.75) is 51.4 Å². The third-order valence-corrected chi connectivity index (χ3v) is 2.22. The molecule has 0 saturated heterocycles. The Balaban J connectivity index is 3.01. The van der Waals surface area contributed by atoms with Crippen molar-refractivity contribution in [3.05, 3.63) is 12.2 Å². The molecular weight excluding hydrogens is 192 g/mol. The molecule has 3 heteroatoms. The van der Waals surface area contributed by atoms with Gasteiger partial charge in [-0.3, -0.25) is 4.79 Å². The summed E-state index contributed by atoms with van der Waals surface area (Å²) in [6, 6.07) is 0. The summed E-state index contributed by atoms with van der Waals surface area (Å²) in [5.41, 5.74) is 0. The monoisotopic (exact) mass is 211 g/mol. The van der Waals surface area contributed by atoms with E-state index in [4.69, 9.17) is 0 Å². The van der Waals surface area contributed by atoms with E-state index in [0.717, 1.165) is 51.2 Å². The van der Waals surface area contributed by atoms with E-state index < -0.39 is 5.97 Å². The average Bonchev–Trinajstić information content (AvgIpc) is 2.20. The van der Waals surface area contributed by atoms with Gasteiger partial charge in [0.05, 0.1) is 0 Å². The lowest BCUT2D eigenvalue weighted by molar-refractivity contribution is -0.305. The molecule has 0 aromatic heterocycles. The fourth-order valence-corrected chi connectivity index (χ4v) is 1.39. The Morgan fingerprint density at radius 3 is 2.20 bits per heavy atom. The van der Waals surface area contributed by atoms with Crippen LogP contribution in [0.1, 0.15) is 51.4 Å². The van der Waals surface area contributed by atoms with Crippen LogP contribution in [0.3, 0.4) is 0 Å². The molecule has 0 fully saturated rings. The Hall–Kier alpha value is -1.12. The molecule has 3 nitrogen and oxygen atoms in total. The predicted molar refractivity (Wildman–Crippen MR) is 57.1 cm³/mol. The van der Waals surface area contributed by atoms with Gasteiger partial charge >= 0.3 is 0 Å². The summed E-state index contributed by atoms with van der Waals surface area (Å²) < 4.78 is 0. The number of carboxylic acids is 1. The minimum atomic E-state index is -0.950. The van der Waals surface area contributed by atoms with Gasteiger partial charge in [0.15, 0.2) is 0 Å². The van der Waals surface area contributed by atoms with Crippen LogP contribution >= 0.6 is 0 Å². The van der Waals surface area contributed by atoms with Gasteiger partial charge in [0.25, 0.3) is 0 Å². The van der Waals surface area contributed by atoms with Gasteiger partial charge in [-0.2, -0.15) is 0 Å². The summed E-state index contributed by atoms with van der Waals surface area (Å²) in [5, 5.41) is 10.1. The maximum Gasteiger partial charge on any atom is 0.142 e. The van der Waals surface area contributed by atoms with Gasteiger partial charge in [-0.25, -0.2) is 0 Å². The largest absolute Gasteiger partial charge is 0.550 e. The van der Waals surface area contributed by atoms with E-state index in [9.17, 15) is 14.7 Å². The Kier molecular flexibility index (Phi) is 10.1. The second-order valence-electron chi connectivity index (χ2n) is 3.60. The standard InChI is InChI=1S/C12H20O3/c13-11-9-7-5-3-1-2-4-6-8-10-12(14)15/h7,9,11H,1-6,8,10H2,(H,14,15)/p-1/b9-7+. The Labute approximate surface area is 91.2 Å². The summed E-state index contributed by atoms with van der Waals surface area (Å²) in [6.45, 7) is 0. The second kappa shape index (κ2) is 11.0. The van der Waals surface area contributed by atoms with E-state index in [0.29, 0.717) is 0 Å². The van der Waals surface area contributed by atoms with Gasteiger partial charge in [0.1, 0.15) is 6.29 Å². The number of allylic oxidation sites excluding steroid dienone is 2. The third kappa shape index (κ3) is 12.9. The number of hydrogen-bond acceptors (Lipinski definition) is 3. The summed E-state index contributed by atoms with van der Waals surface area (Å²) in [7, 11) is 0. The van der Waals surface area contributed by atoms with E-state index in [1.807, 2.05) is 6.08 Å². The van der Waals surface area contributed by atoms with Gasteiger partial charge in [-0.15, -0.1) is 0 Å². The molecule has 0 aromatic carbocycles. The summed E-state index contributed by atoms with van der Waals surface area (Å²) in [4.78, 5) is 20.0. The van der Waals surface area contributed by atoms with Gasteiger partial charge < -0.3 is 9.90 Å². The summed E-state index contributed by atoms with van der Waals surface area (Å²) in [5.74, 6) is -0.950. The number of carbonyl (C=O) groups is 2. The smallest absolute Gasteiger partial charge is 0.142 e. The molecule has 0 atom stereocenters. The van der Waals surface area contributed by atoms with Crippen LogP contribution in [0.15, 0.2) is 12.2 Å². The molecular formula is C12H19O3-. The molecule has 0 saturated carbocycles. The van der Waals surface area contributed by atoms with Crippen molar-refractivity contribution in [1.29, 1.82) is 0 Å². The molecule has 0 radical (unpaired) electrons. The van der Waals surface area contributed by atoms with Crippen LogP contribution in [0, 0.1) is 0 Å². The summed E-state index contributed by atoms with van der Waals surface area (Å²) in [6.07, 6.45) is 11.5. The van der Waals surface area contributed by atoms with Crippen molar-refractivity contribution in [2.24, 2.45) is 0 Å². The topological polar surface area (TPSA) is 57.2 Å². The Bertz CT molecular complexity index is 197. The zero-order chi connectivity index (χ0) is 11.4. The highest BCUT2D eigenvalue weighted by molar-refractivity contribution is 5.64. The first kappa shape index (κ1) is 13.9. The van der Waals surface area contributed by atoms with Crippen LogP contribution in [0.2, 0.25) is 0 Å². The molecule has 86 valence electrons. The van der Waals surface area contributed by atoms with E-state index in [2.05, 4.69) is 0 Å². The number of hydrogen-bond donors (Lipinski definition) is 0. The van der Waals surface area contributed by atoms with Crippen LogP contribution in [-0.2, 0) is 9.59 Å². The molecule has 0 amide bonds. The van der Waals surface area contributed by atoms with Crippen molar-refractivity contribution in [2.75, 3.05) is 0 Å².